The van der Waals surface area contributed by atoms with Gasteiger partial charge in [0.05, 0.1) is 5.69 Å². The molecule has 0 aliphatic carbocycles. The molecular formula is C12H10F2N2O. The number of rotatable bonds is 3. The van der Waals surface area contributed by atoms with Crippen molar-refractivity contribution in [3.8, 4) is 0 Å². The van der Waals surface area contributed by atoms with E-state index in [0.29, 0.717) is 0 Å². The van der Waals surface area contributed by atoms with Crippen LogP contribution in [0.25, 0.3) is 0 Å². The maximum Gasteiger partial charge on any atom is 0.184 e. The average Bonchev–Trinajstić information content (AvgIpc) is 2.68. The maximum atomic E-state index is 12.9. The fraction of sp³-hybridized carbons (Fsp3) is 0.167. The number of nitrogens with zero attached hydrogens (tertiary/aromatic N) is 2. The Hall–Kier alpha value is -2.04. The molecule has 3 nitrogen and oxygen atoms in total. The lowest BCUT2D eigenvalue weighted by molar-refractivity contribution is 0.0967. The molecule has 0 spiro atoms. The van der Waals surface area contributed by atoms with Gasteiger partial charge >= 0.3 is 0 Å². The van der Waals surface area contributed by atoms with E-state index in [9.17, 15) is 13.6 Å². The fourth-order valence-corrected chi connectivity index (χ4v) is 1.46. The number of halogens is 2. The van der Waals surface area contributed by atoms with Gasteiger partial charge in [-0.05, 0) is 31.2 Å². The molecule has 1 aromatic carbocycles. The van der Waals surface area contributed by atoms with Crippen LogP contribution in [0.4, 0.5) is 8.78 Å². The Kier molecular flexibility index (Phi) is 2.99. The smallest absolute Gasteiger partial charge is 0.184 e. The van der Waals surface area contributed by atoms with Crippen LogP contribution in [-0.2, 0) is 6.54 Å². The SMILES string of the molecule is Cc1ccn(CC(=O)c2ccc(F)c(F)c2)n1. The van der Waals surface area contributed by atoms with Gasteiger partial charge in [-0.1, -0.05) is 0 Å². The zero-order valence-corrected chi connectivity index (χ0v) is 9.15. The number of ketones is 1. The number of carbonyl (C=O) groups excluding carboxylic acids is 1. The Morgan fingerprint density at radius 2 is 2.06 bits per heavy atom. The Morgan fingerprint density at radius 1 is 1.29 bits per heavy atom. The van der Waals surface area contributed by atoms with Gasteiger partial charge in [0.1, 0.15) is 6.54 Å². The summed E-state index contributed by atoms with van der Waals surface area (Å²) >= 11 is 0. The van der Waals surface area contributed by atoms with E-state index in [1.807, 2.05) is 0 Å². The number of Topliss-reactive ketones (excluding diaryl/α,β-unsaturated/α-hetero) is 1. The molecule has 0 saturated carbocycles. The fourth-order valence-electron chi connectivity index (χ4n) is 1.46. The number of hydrogen-bond donors (Lipinski definition) is 0. The third-order valence-electron chi connectivity index (χ3n) is 2.32. The lowest BCUT2D eigenvalue weighted by Crippen LogP contribution is -2.11. The van der Waals surface area contributed by atoms with E-state index >= 15 is 0 Å². The van der Waals surface area contributed by atoms with Crippen molar-refractivity contribution in [3.63, 3.8) is 0 Å². The van der Waals surface area contributed by atoms with Crippen LogP contribution in [-0.4, -0.2) is 15.6 Å². The molecule has 0 radical (unpaired) electrons. The molecule has 0 N–H and O–H groups in total. The number of carbonyl (C=O) groups is 1. The average molecular weight is 236 g/mol. The minimum Gasteiger partial charge on any atom is -0.292 e. The van der Waals surface area contributed by atoms with Crippen molar-refractivity contribution in [2.75, 3.05) is 0 Å². The second-order valence-electron chi connectivity index (χ2n) is 3.71. The molecule has 0 aliphatic heterocycles. The Balaban J connectivity index is 2.17. The monoisotopic (exact) mass is 236 g/mol. The molecule has 5 heteroatoms. The molecule has 0 fully saturated rings. The summed E-state index contributed by atoms with van der Waals surface area (Å²) in [5.74, 6) is -2.30. The molecule has 2 aromatic rings. The highest BCUT2D eigenvalue weighted by molar-refractivity contribution is 5.95. The zero-order chi connectivity index (χ0) is 12.4. The van der Waals surface area contributed by atoms with Crippen LogP contribution in [0.2, 0.25) is 0 Å². The molecule has 0 aliphatic rings. The third-order valence-corrected chi connectivity index (χ3v) is 2.32. The van der Waals surface area contributed by atoms with Crippen molar-refractivity contribution < 1.29 is 13.6 Å². The minimum atomic E-state index is -1.02. The Morgan fingerprint density at radius 3 is 2.65 bits per heavy atom. The van der Waals surface area contributed by atoms with Crippen LogP contribution >= 0.6 is 0 Å². The highest BCUT2D eigenvalue weighted by atomic mass is 19.2. The summed E-state index contributed by atoms with van der Waals surface area (Å²) in [5, 5.41) is 4.04. The van der Waals surface area contributed by atoms with Gasteiger partial charge < -0.3 is 0 Å². The lowest BCUT2D eigenvalue weighted by Gasteiger charge is -2.02. The van der Waals surface area contributed by atoms with Gasteiger partial charge in [0.15, 0.2) is 17.4 Å². The zero-order valence-electron chi connectivity index (χ0n) is 9.15. The highest BCUT2D eigenvalue weighted by Gasteiger charge is 2.10. The molecule has 17 heavy (non-hydrogen) atoms. The predicted molar refractivity (Wildman–Crippen MR) is 57.7 cm³/mol. The van der Waals surface area contributed by atoms with Crippen molar-refractivity contribution in [2.24, 2.45) is 0 Å². The molecule has 1 aromatic heterocycles. The van der Waals surface area contributed by atoms with Gasteiger partial charge in [-0.15, -0.1) is 0 Å². The van der Waals surface area contributed by atoms with Gasteiger partial charge in [-0.25, -0.2) is 8.78 Å². The van der Waals surface area contributed by atoms with Gasteiger partial charge in [-0.3, -0.25) is 9.48 Å². The van der Waals surface area contributed by atoms with Crippen LogP contribution in [0.1, 0.15) is 16.1 Å². The standard InChI is InChI=1S/C12H10F2N2O/c1-8-4-5-16(15-8)7-12(17)9-2-3-10(13)11(14)6-9/h2-6H,7H2,1H3. The molecule has 0 bridgehead atoms. The Bertz CT molecular complexity index is 563. The summed E-state index contributed by atoms with van der Waals surface area (Å²) < 4.78 is 27.1. The van der Waals surface area contributed by atoms with Crippen LogP contribution in [0.3, 0.4) is 0 Å². The molecule has 88 valence electrons. The molecular weight excluding hydrogens is 226 g/mol. The van der Waals surface area contributed by atoms with E-state index in [4.69, 9.17) is 0 Å². The molecule has 1 heterocycles. The summed E-state index contributed by atoms with van der Waals surface area (Å²) in [5.41, 5.74) is 0.931. The van der Waals surface area contributed by atoms with E-state index in [-0.39, 0.29) is 17.9 Å². The molecule has 0 saturated heterocycles. The number of aryl methyl sites for hydroxylation is 1. The summed E-state index contributed by atoms with van der Waals surface area (Å²) in [4.78, 5) is 11.7. The van der Waals surface area contributed by atoms with Crippen molar-refractivity contribution >= 4 is 5.78 Å². The highest BCUT2D eigenvalue weighted by Crippen LogP contribution is 2.10. The van der Waals surface area contributed by atoms with Crippen LogP contribution < -0.4 is 0 Å². The Labute approximate surface area is 96.7 Å². The minimum absolute atomic E-state index is 0.0128. The van der Waals surface area contributed by atoms with E-state index in [0.717, 1.165) is 17.8 Å². The van der Waals surface area contributed by atoms with E-state index in [2.05, 4.69) is 5.10 Å². The van der Waals surface area contributed by atoms with E-state index < -0.39 is 11.6 Å². The summed E-state index contributed by atoms with van der Waals surface area (Å²) in [6, 6.07) is 4.86. The third kappa shape index (κ3) is 2.55. The van der Waals surface area contributed by atoms with E-state index in [1.165, 1.54) is 10.7 Å². The van der Waals surface area contributed by atoms with Crippen molar-refractivity contribution in [2.45, 2.75) is 13.5 Å². The normalized spacial score (nSPS) is 10.5. The molecule has 0 atom stereocenters. The largest absolute Gasteiger partial charge is 0.292 e. The first kappa shape index (κ1) is 11.4. The second-order valence-corrected chi connectivity index (χ2v) is 3.71. The van der Waals surface area contributed by atoms with Gasteiger partial charge in [0.2, 0.25) is 0 Å². The van der Waals surface area contributed by atoms with Crippen molar-refractivity contribution in [3.05, 3.63) is 53.4 Å². The van der Waals surface area contributed by atoms with Crippen LogP contribution in [0.15, 0.2) is 30.5 Å². The van der Waals surface area contributed by atoms with Gasteiger partial charge in [-0.2, -0.15) is 5.10 Å². The molecule has 0 amide bonds. The quantitative estimate of drug-likeness (QED) is 0.767. The first-order valence-electron chi connectivity index (χ1n) is 5.04. The number of hydrogen-bond acceptors (Lipinski definition) is 2. The van der Waals surface area contributed by atoms with Crippen molar-refractivity contribution in [1.82, 2.24) is 9.78 Å². The maximum absolute atomic E-state index is 12.9. The summed E-state index contributed by atoms with van der Waals surface area (Å²) in [6.07, 6.45) is 1.66. The van der Waals surface area contributed by atoms with Gasteiger partial charge in [0, 0.05) is 11.8 Å². The van der Waals surface area contributed by atoms with E-state index in [1.54, 1.807) is 19.2 Å². The topological polar surface area (TPSA) is 34.9 Å². The van der Waals surface area contributed by atoms with Gasteiger partial charge in [0.25, 0.3) is 0 Å². The number of aromatic nitrogens is 2. The number of benzene rings is 1. The van der Waals surface area contributed by atoms with Crippen LogP contribution in [0, 0.1) is 18.6 Å². The first-order chi connectivity index (χ1) is 8.06. The molecule has 0 unspecified atom stereocenters. The van der Waals surface area contributed by atoms with Crippen molar-refractivity contribution in [1.29, 1.82) is 0 Å². The second kappa shape index (κ2) is 4.45. The van der Waals surface area contributed by atoms with Crippen LogP contribution in [0.5, 0.6) is 0 Å². The lowest BCUT2D eigenvalue weighted by atomic mass is 10.1. The molecule has 2 rings (SSSR count). The summed E-state index contributed by atoms with van der Waals surface area (Å²) in [7, 11) is 0. The predicted octanol–water partition coefficient (Wildman–Crippen LogP) is 2.35. The summed E-state index contributed by atoms with van der Waals surface area (Å²) in [6.45, 7) is 1.82. The first-order valence-corrected chi connectivity index (χ1v) is 5.04.